The van der Waals surface area contributed by atoms with Crippen molar-refractivity contribution in [2.24, 2.45) is 22.6 Å². The van der Waals surface area contributed by atoms with E-state index in [9.17, 15) is 39.6 Å². The van der Waals surface area contributed by atoms with Gasteiger partial charge in [-0.2, -0.15) is 0 Å². The number of carboxylic acid groups (broad SMARTS) is 2. The lowest BCUT2D eigenvalue weighted by Gasteiger charge is -2.39. The number of aliphatic hydroxyl groups excluding tert-OH is 4. The van der Waals surface area contributed by atoms with Crippen LogP contribution in [0.15, 0.2) is 41.1 Å². The van der Waals surface area contributed by atoms with Crippen molar-refractivity contribution < 1.29 is 78.2 Å². The smallest absolute Gasteiger partial charge is 0.414 e. The maximum absolute atomic E-state index is 12.4. The lowest BCUT2D eigenvalue weighted by molar-refractivity contribution is -0.151. The van der Waals surface area contributed by atoms with Crippen LogP contribution in [0.5, 0.6) is 0 Å². The normalized spacial score (nSPS) is 23.3. The molecule has 11 N–H and O–H groups in total. The highest BCUT2D eigenvalue weighted by Crippen LogP contribution is 2.31. The summed E-state index contributed by atoms with van der Waals surface area (Å²) in [5, 5.41) is 64.7. The van der Waals surface area contributed by atoms with Crippen LogP contribution in [-0.4, -0.2) is 153 Å². The van der Waals surface area contributed by atoms with E-state index in [0.717, 1.165) is 0 Å². The third kappa shape index (κ3) is 19.7. The molecule has 0 saturated heterocycles. The highest BCUT2D eigenvalue weighted by atomic mass is 35.5. The maximum atomic E-state index is 12.4. The Labute approximate surface area is 353 Å². The molecular weight excluding hydrogens is 829 g/mol. The minimum atomic E-state index is -1.41. The first kappa shape index (κ1) is 54.9. The Kier molecular flexibility index (Phi) is 23.7. The second-order valence-electron chi connectivity index (χ2n) is 15.0. The highest BCUT2D eigenvalue weighted by molar-refractivity contribution is 6.40. The van der Waals surface area contributed by atoms with Gasteiger partial charge in [0.15, 0.2) is 0 Å². The minimum Gasteiger partial charge on any atom is -0.480 e. The third-order valence-corrected chi connectivity index (χ3v) is 7.94. The topological polar surface area (TPSA) is 320 Å². The number of rotatable bonds is 13. The van der Waals surface area contributed by atoms with Crippen LogP contribution in [0, 0.1) is 11.8 Å². The van der Waals surface area contributed by atoms with E-state index in [-0.39, 0.29) is 28.8 Å². The number of aliphatic hydroxyl groups is 4. The number of nitrogens with one attached hydrogen (secondary N) is 3. The zero-order valence-corrected chi connectivity index (χ0v) is 36.3. The predicted octanol–water partition coefficient (Wildman–Crippen LogP) is 1.30. The van der Waals surface area contributed by atoms with Gasteiger partial charge in [-0.05, 0) is 53.7 Å². The van der Waals surface area contributed by atoms with Crippen LogP contribution in [-0.2, 0) is 38.0 Å². The molecule has 0 spiro atoms. The van der Waals surface area contributed by atoms with Gasteiger partial charge in [0.05, 0.1) is 36.5 Å². The van der Waals surface area contributed by atoms with Gasteiger partial charge < -0.3 is 70.1 Å². The van der Waals surface area contributed by atoms with Crippen LogP contribution in [0.3, 0.4) is 0 Å². The summed E-state index contributed by atoms with van der Waals surface area (Å²) < 4.78 is 31.7. The Hall–Kier alpha value is -4.09. The fraction of sp³-hybridized carbons (Fsp3) is 0.694. The number of carboxylic acids is 2. The van der Waals surface area contributed by atoms with Crippen LogP contribution in [0.1, 0.15) is 55.4 Å². The van der Waals surface area contributed by atoms with E-state index >= 15 is 0 Å². The number of aliphatic imine (C=N–C) groups is 1. The molecule has 0 aromatic rings. The summed E-state index contributed by atoms with van der Waals surface area (Å²) in [4.78, 5) is 51.9. The van der Waals surface area contributed by atoms with E-state index in [4.69, 9.17) is 67.6 Å². The molecule has 2 aliphatic rings. The fourth-order valence-corrected chi connectivity index (χ4v) is 5.40. The van der Waals surface area contributed by atoms with Gasteiger partial charge in [0.25, 0.3) is 0 Å². The molecule has 340 valence electrons. The van der Waals surface area contributed by atoms with Crippen molar-refractivity contribution in [1.29, 1.82) is 0 Å². The van der Waals surface area contributed by atoms with Crippen LogP contribution >= 0.6 is 23.2 Å². The molecule has 0 bridgehead atoms. The molecule has 0 radical (unpaired) electrons. The monoisotopic (exact) mass is 889 g/mol. The van der Waals surface area contributed by atoms with Crippen molar-refractivity contribution >= 4 is 53.3 Å². The lowest BCUT2D eigenvalue weighted by Crippen LogP contribution is -2.53. The molecule has 21 nitrogen and oxygen atoms in total. The number of aliphatic carboxylic acids is 2. The van der Waals surface area contributed by atoms with Crippen molar-refractivity contribution in [2.45, 2.75) is 115 Å². The zero-order chi connectivity index (χ0) is 46.0. The summed E-state index contributed by atoms with van der Waals surface area (Å²) in [6.45, 7) is 15.7. The van der Waals surface area contributed by atoms with E-state index in [1.165, 1.54) is 26.4 Å². The summed E-state index contributed by atoms with van der Waals surface area (Å²) in [6, 6.07) is -1.42. The van der Waals surface area contributed by atoms with Crippen LogP contribution in [0.2, 0.25) is 0 Å². The Morgan fingerprint density at radius 2 is 1.19 bits per heavy atom. The summed E-state index contributed by atoms with van der Waals surface area (Å²) in [5.74, 6) is -4.49. The average Bonchev–Trinajstić information content (AvgIpc) is 3.09. The SMILES string of the molecule is C=C(N)N[C@H]1C=C(C(=O)O)O[C@@H]([C@H](OC)[C@H](O)CO)[C@@H]1C.CO[C@@H]([C@@H]1OC(C(=O)O)=C[C@H](N=C(NC(=O)OC(C)(C)C)NC(=O)OC(C)(C)C)[C@H]1C)[C@H](O)CO.ClCCl. The van der Waals surface area contributed by atoms with E-state index in [1.807, 2.05) is 0 Å². The first-order valence-corrected chi connectivity index (χ1v) is 19.0. The Balaban J connectivity index is 0.00000119. The van der Waals surface area contributed by atoms with Gasteiger partial charge >= 0.3 is 24.1 Å². The highest BCUT2D eigenvalue weighted by Gasteiger charge is 2.43. The van der Waals surface area contributed by atoms with Crippen LogP contribution in [0.25, 0.3) is 0 Å². The number of hydrogen-bond donors (Lipinski definition) is 10. The van der Waals surface area contributed by atoms with Gasteiger partial charge in [-0.15, -0.1) is 23.2 Å². The van der Waals surface area contributed by atoms with E-state index < -0.39 is 109 Å². The molecule has 2 aliphatic heterocycles. The van der Waals surface area contributed by atoms with Gasteiger partial charge in [-0.1, -0.05) is 20.4 Å². The molecule has 0 aromatic carbocycles. The summed E-state index contributed by atoms with van der Waals surface area (Å²) in [7, 11) is 2.62. The molecular formula is C36H61Cl2N5O16. The number of methoxy groups -OCH3 is 2. The number of amides is 2. The van der Waals surface area contributed by atoms with E-state index in [1.54, 1.807) is 55.4 Å². The lowest BCUT2D eigenvalue weighted by atomic mass is 9.87. The van der Waals surface area contributed by atoms with Crippen LogP contribution < -0.4 is 21.7 Å². The number of carbonyl (C=O) groups excluding carboxylic acids is 2. The third-order valence-electron chi connectivity index (χ3n) is 7.94. The van der Waals surface area contributed by atoms with Gasteiger partial charge in [0, 0.05) is 26.1 Å². The second-order valence-corrected chi connectivity index (χ2v) is 15.8. The molecule has 0 unspecified atom stereocenters. The number of alkyl halides is 2. The van der Waals surface area contributed by atoms with Gasteiger partial charge in [0.2, 0.25) is 17.5 Å². The number of ether oxygens (including phenoxy) is 6. The number of alkyl carbamates (subject to hydrolysis) is 2. The Morgan fingerprint density at radius 1 is 0.814 bits per heavy atom. The Morgan fingerprint density at radius 3 is 1.51 bits per heavy atom. The number of guanidine groups is 1. The number of carbonyl (C=O) groups is 4. The standard InChI is InChI=1S/C22H37N3O10.C13H22N2O6.CH2Cl2/c1-11-12(9-14(17(28)29)33-15(11)16(32-8)13(27)10-26)23-18(24-19(30)34-21(2,3)4)25-20(31)35-22(5,6)7;1-6-8(15-7(2)14)4-10(13(18)19)21-11(6)12(20-3)9(17)5-16;2-1-3/h9,11-13,15-16,26-27H,10H2,1-8H3,(H,28,29)(H2,23,24,25,30,31);4,6,8-9,11-12,15-17H,2,5,14H2,1,3H3,(H,18,19);1H2/t11-,12+,13-,15-,16-;6-,8+,9-,11-,12-;/m11./s1. The average molecular weight is 891 g/mol. The molecule has 10 atom stereocenters. The van der Waals surface area contributed by atoms with Gasteiger partial charge in [0.1, 0.15) is 47.8 Å². The minimum absolute atomic E-state index is 0.185. The quantitative estimate of drug-likeness (QED) is 0.0708. The van der Waals surface area contributed by atoms with Gasteiger partial charge in [-0.3, -0.25) is 10.6 Å². The molecule has 2 heterocycles. The van der Waals surface area contributed by atoms with Crippen molar-refractivity contribution in [3.8, 4) is 0 Å². The molecule has 0 aliphatic carbocycles. The predicted molar refractivity (Wildman–Crippen MR) is 214 cm³/mol. The molecule has 23 heteroatoms. The zero-order valence-electron chi connectivity index (χ0n) is 34.8. The van der Waals surface area contributed by atoms with Crippen molar-refractivity contribution in [3.63, 3.8) is 0 Å². The molecule has 0 fully saturated rings. The summed E-state index contributed by atoms with van der Waals surface area (Å²) in [6.07, 6.45) is -5.63. The fourth-order valence-electron chi connectivity index (χ4n) is 5.40. The second kappa shape index (κ2) is 25.5. The van der Waals surface area contributed by atoms with Crippen molar-refractivity contribution in [2.75, 3.05) is 32.8 Å². The number of hydrogen-bond acceptors (Lipinski definition) is 17. The van der Waals surface area contributed by atoms with Crippen molar-refractivity contribution in [1.82, 2.24) is 16.0 Å². The van der Waals surface area contributed by atoms with Crippen molar-refractivity contribution in [3.05, 3.63) is 36.1 Å². The van der Waals surface area contributed by atoms with Gasteiger partial charge in [-0.25, -0.2) is 24.2 Å². The molecule has 0 aromatic heterocycles. The number of nitrogens with two attached hydrogens (primary N) is 1. The van der Waals surface area contributed by atoms with E-state index in [2.05, 4.69) is 27.5 Å². The Bertz CT molecular complexity index is 1450. The maximum Gasteiger partial charge on any atom is 0.414 e. The molecule has 0 saturated carbocycles. The first-order valence-electron chi connectivity index (χ1n) is 18.0. The van der Waals surface area contributed by atoms with Crippen LogP contribution in [0.4, 0.5) is 9.59 Å². The number of halogens is 2. The molecule has 2 rings (SSSR count). The van der Waals surface area contributed by atoms with E-state index in [0.29, 0.717) is 0 Å². The first-order chi connectivity index (χ1) is 27.2. The largest absolute Gasteiger partial charge is 0.480 e. The summed E-state index contributed by atoms with van der Waals surface area (Å²) in [5.41, 5.74) is 3.81. The number of nitrogens with zero attached hydrogens (tertiary/aromatic N) is 1. The molecule has 59 heavy (non-hydrogen) atoms. The molecule has 2 amide bonds. The summed E-state index contributed by atoms with van der Waals surface area (Å²) >= 11 is 9.53.